The maximum Gasteiger partial charge on any atom is 0.412 e. The number of carbonyl (C=O) groups is 1. The molecule has 1 amide bonds. The third-order valence-electron chi connectivity index (χ3n) is 4.05. The van der Waals surface area contributed by atoms with Gasteiger partial charge in [0, 0.05) is 7.11 Å². The van der Waals surface area contributed by atoms with Crippen LogP contribution < -0.4 is 0 Å². The summed E-state index contributed by atoms with van der Waals surface area (Å²) < 4.78 is 40.7. The van der Waals surface area contributed by atoms with Gasteiger partial charge in [-0.3, -0.25) is 9.08 Å². The van der Waals surface area contributed by atoms with Crippen molar-refractivity contribution in [1.82, 2.24) is 4.90 Å². The summed E-state index contributed by atoms with van der Waals surface area (Å²) in [5.74, 6) is 0. The third kappa shape index (κ3) is 5.18. The molecule has 0 bridgehead atoms. The number of rotatable bonds is 5. The summed E-state index contributed by atoms with van der Waals surface area (Å²) >= 11 is 0. The molecule has 1 saturated heterocycles. The van der Waals surface area contributed by atoms with E-state index in [1.54, 1.807) is 32.9 Å². The van der Waals surface area contributed by atoms with Crippen molar-refractivity contribution in [2.45, 2.75) is 63.3 Å². The van der Waals surface area contributed by atoms with Crippen molar-refractivity contribution >= 4 is 16.2 Å². The average molecular weight is 385 g/mol. The second-order valence-corrected chi connectivity index (χ2v) is 8.98. The van der Waals surface area contributed by atoms with Crippen LogP contribution in [0.2, 0.25) is 0 Å². The SMILES string of the molecule is COC1CC[C@@H](COS(=O)(=O)c2ccc(C)cc2)N1C(=O)OC(C)(C)C. The second kappa shape index (κ2) is 7.94. The van der Waals surface area contributed by atoms with Gasteiger partial charge in [-0.2, -0.15) is 8.42 Å². The van der Waals surface area contributed by atoms with E-state index in [1.165, 1.54) is 24.1 Å². The molecular weight excluding hydrogens is 358 g/mol. The van der Waals surface area contributed by atoms with Gasteiger partial charge >= 0.3 is 6.09 Å². The highest BCUT2D eigenvalue weighted by atomic mass is 32.2. The Morgan fingerprint density at radius 3 is 2.35 bits per heavy atom. The zero-order valence-corrected chi connectivity index (χ0v) is 16.7. The lowest BCUT2D eigenvalue weighted by atomic mass is 10.2. The van der Waals surface area contributed by atoms with Crippen LogP contribution in [-0.4, -0.2) is 51.0 Å². The largest absolute Gasteiger partial charge is 0.444 e. The average Bonchev–Trinajstić information content (AvgIpc) is 2.95. The molecular formula is C18H27NO6S. The van der Waals surface area contributed by atoms with Crippen LogP contribution in [0, 0.1) is 6.92 Å². The predicted molar refractivity (Wildman–Crippen MR) is 96.2 cm³/mol. The van der Waals surface area contributed by atoms with Gasteiger partial charge in [0.05, 0.1) is 17.5 Å². The zero-order valence-electron chi connectivity index (χ0n) is 15.9. The lowest BCUT2D eigenvalue weighted by Crippen LogP contribution is -2.46. The molecule has 0 N–H and O–H groups in total. The van der Waals surface area contributed by atoms with E-state index in [2.05, 4.69) is 0 Å². The van der Waals surface area contributed by atoms with E-state index in [4.69, 9.17) is 13.7 Å². The molecule has 1 aliphatic heterocycles. The molecule has 1 aliphatic rings. The topological polar surface area (TPSA) is 82.1 Å². The fraction of sp³-hybridized carbons (Fsp3) is 0.611. The number of amides is 1. The van der Waals surface area contributed by atoms with Crippen molar-refractivity contribution in [1.29, 1.82) is 0 Å². The highest BCUT2D eigenvalue weighted by molar-refractivity contribution is 7.86. The summed E-state index contributed by atoms with van der Waals surface area (Å²) in [5.41, 5.74) is 0.302. The molecule has 1 fully saturated rings. The molecule has 1 heterocycles. The maximum absolute atomic E-state index is 12.5. The molecule has 146 valence electrons. The lowest BCUT2D eigenvalue weighted by Gasteiger charge is -2.31. The predicted octanol–water partition coefficient (Wildman–Crippen LogP) is 3.07. The Labute approximate surface area is 155 Å². The highest BCUT2D eigenvalue weighted by Crippen LogP contribution is 2.28. The molecule has 2 atom stereocenters. The molecule has 0 saturated carbocycles. The first-order chi connectivity index (χ1) is 12.0. The molecule has 1 unspecified atom stereocenters. The van der Waals surface area contributed by atoms with Gasteiger partial charge in [-0.1, -0.05) is 17.7 Å². The number of aryl methyl sites for hydroxylation is 1. The van der Waals surface area contributed by atoms with Crippen LogP contribution in [0.25, 0.3) is 0 Å². The van der Waals surface area contributed by atoms with E-state index in [0.29, 0.717) is 12.8 Å². The summed E-state index contributed by atoms with van der Waals surface area (Å²) in [4.78, 5) is 14.0. The van der Waals surface area contributed by atoms with Crippen LogP contribution in [0.15, 0.2) is 29.2 Å². The second-order valence-electron chi connectivity index (χ2n) is 7.36. The van der Waals surface area contributed by atoms with Crippen molar-refractivity contribution in [2.75, 3.05) is 13.7 Å². The Bertz CT molecular complexity index is 723. The van der Waals surface area contributed by atoms with Crippen LogP contribution in [0.5, 0.6) is 0 Å². The number of hydrogen-bond donors (Lipinski definition) is 0. The van der Waals surface area contributed by atoms with E-state index in [9.17, 15) is 13.2 Å². The summed E-state index contributed by atoms with van der Waals surface area (Å²) in [6.45, 7) is 7.05. The molecule has 2 rings (SSSR count). The first-order valence-electron chi connectivity index (χ1n) is 8.54. The van der Waals surface area contributed by atoms with Crippen molar-refractivity contribution in [3.8, 4) is 0 Å². The van der Waals surface area contributed by atoms with Crippen LogP contribution in [-0.2, 0) is 23.8 Å². The van der Waals surface area contributed by atoms with Crippen LogP contribution in [0.3, 0.4) is 0 Å². The number of nitrogens with zero attached hydrogens (tertiary/aromatic N) is 1. The van der Waals surface area contributed by atoms with Crippen molar-refractivity contribution in [2.24, 2.45) is 0 Å². The van der Waals surface area contributed by atoms with Gasteiger partial charge in [-0.25, -0.2) is 4.79 Å². The van der Waals surface area contributed by atoms with Crippen LogP contribution in [0.4, 0.5) is 4.79 Å². The minimum atomic E-state index is -3.89. The molecule has 26 heavy (non-hydrogen) atoms. The molecule has 8 heteroatoms. The van der Waals surface area contributed by atoms with Crippen molar-refractivity contribution in [3.05, 3.63) is 29.8 Å². The summed E-state index contributed by atoms with van der Waals surface area (Å²) in [5, 5.41) is 0. The molecule has 1 aromatic rings. The van der Waals surface area contributed by atoms with Crippen molar-refractivity contribution in [3.63, 3.8) is 0 Å². The van der Waals surface area contributed by atoms with Gasteiger partial charge in [0.25, 0.3) is 10.1 Å². The van der Waals surface area contributed by atoms with Crippen LogP contribution >= 0.6 is 0 Å². The number of ether oxygens (including phenoxy) is 2. The Kier molecular flexibility index (Phi) is 6.31. The minimum Gasteiger partial charge on any atom is -0.444 e. The van der Waals surface area contributed by atoms with Gasteiger partial charge in [0.2, 0.25) is 0 Å². The fourth-order valence-electron chi connectivity index (χ4n) is 2.77. The maximum atomic E-state index is 12.5. The third-order valence-corrected chi connectivity index (χ3v) is 5.35. The van der Waals surface area contributed by atoms with Gasteiger partial charge in [-0.05, 0) is 52.7 Å². The lowest BCUT2D eigenvalue weighted by molar-refractivity contribution is -0.0457. The monoisotopic (exact) mass is 385 g/mol. The Morgan fingerprint density at radius 2 is 1.81 bits per heavy atom. The number of methoxy groups -OCH3 is 1. The molecule has 0 aromatic heterocycles. The summed E-state index contributed by atoms with van der Waals surface area (Å²) in [7, 11) is -2.38. The number of benzene rings is 1. The first-order valence-corrected chi connectivity index (χ1v) is 9.94. The number of carbonyl (C=O) groups excluding carboxylic acids is 1. The molecule has 1 aromatic carbocycles. The highest BCUT2D eigenvalue weighted by Gasteiger charge is 2.40. The molecule has 0 spiro atoms. The van der Waals surface area contributed by atoms with Gasteiger partial charge in [-0.15, -0.1) is 0 Å². The molecule has 0 radical (unpaired) electrons. The van der Waals surface area contributed by atoms with E-state index in [1.807, 2.05) is 6.92 Å². The molecule has 7 nitrogen and oxygen atoms in total. The van der Waals surface area contributed by atoms with Crippen molar-refractivity contribution < 1.29 is 26.9 Å². The smallest absolute Gasteiger partial charge is 0.412 e. The Morgan fingerprint density at radius 1 is 1.19 bits per heavy atom. The van der Waals surface area contributed by atoms with E-state index in [0.717, 1.165) is 5.56 Å². The molecule has 0 aliphatic carbocycles. The van der Waals surface area contributed by atoms with Gasteiger partial charge in [0.1, 0.15) is 11.8 Å². The quantitative estimate of drug-likeness (QED) is 0.725. The fourth-order valence-corrected chi connectivity index (χ4v) is 3.71. The Balaban J connectivity index is 2.09. The summed E-state index contributed by atoms with van der Waals surface area (Å²) in [6, 6.07) is 5.99. The summed E-state index contributed by atoms with van der Waals surface area (Å²) in [6.07, 6.45) is 0.166. The van der Waals surface area contributed by atoms with Gasteiger partial charge < -0.3 is 9.47 Å². The van der Waals surface area contributed by atoms with E-state index < -0.39 is 34.1 Å². The first kappa shape index (κ1) is 20.7. The zero-order chi connectivity index (χ0) is 19.5. The van der Waals surface area contributed by atoms with Crippen LogP contribution in [0.1, 0.15) is 39.2 Å². The van der Waals surface area contributed by atoms with E-state index >= 15 is 0 Å². The number of hydrogen-bond acceptors (Lipinski definition) is 6. The standard InChI is InChI=1S/C18H27NO6S/c1-13-6-9-15(10-7-13)26(21,22)24-12-14-8-11-16(23-5)19(14)17(20)25-18(2,3)4/h6-7,9-10,14,16H,8,11-12H2,1-5H3/t14-,16?/m0/s1. The normalized spacial score (nSPS) is 21.0. The number of likely N-dealkylation sites (tertiary alicyclic amines) is 1. The van der Waals surface area contributed by atoms with E-state index in [-0.39, 0.29) is 11.5 Å². The minimum absolute atomic E-state index is 0.0909. The Hall–Kier alpha value is -1.64. The van der Waals surface area contributed by atoms with Gasteiger partial charge in [0.15, 0.2) is 0 Å².